The Morgan fingerprint density at radius 3 is 2.82 bits per heavy atom. The molecule has 1 amide bonds. The number of rotatable bonds is 4. The molecule has 2 aromatic rings. The van der Waals surface area contributed by atoms with Crippen LogP contribution in [0.4, 0.5) is 18.9 Å². The molecule has 1 atom stereocenters. The zero-order valence-electron chi connectivity index (χ0n) is 12.2. The van der Waals surface area contributed by atoms with Gasteiger partial charge in [-0.2, -0.15) is 18.3 Å². The minimum atomic E-state index is -4.47. The highest BCUT2D eigenvalue weighted by Gasteiger charge is 2.30. The van der Waals surface area contributed by atoms with Crippen LogP contribution in [-0.2, 0) is 16.6 Å². The van der Waals surface area contributed by atoms with E-state index in [4.69, 9.17) is 0 Å². The molecule has 0 aliphatic heterocycles. The summed E-state index contributed by atoms with van der Waals surface area (Å²) in [5.41, 5.74) is 1.76. The molecule has 2 heterocycles. The fourth-order valence-electron chi connectivity index (χ4n) is 1.92. The number of carbonyl (C=O) groups excluding carboxylic acids is 1. The maximum atomic E-state index is 12.1. The van der Waals surface area contributed by atoms with Crippen molar-refractivity contribution in [2.24, 2.45) is 7.05 Å². The molecule has 0 aliphatic carbocycles. The van der Waals surface area contributed by atoms with Crippen LogP contribution in [0, 0.1) is 6.92 Å². The highest BCUT2D eigenvalue weighted by atomic mass is 19.4. The van der Waals surface area contributed by atoms with Crippen LogP contribution in [-0.4, -0.2) is 39.6 Å². The fourth-order valence-corrected chi connectivity index (χ4v) is 1.92. The van der Waals surface area contributed by atoms with Crippen LogP contribution in [0.1, 0.15) is 12.6 Å². The van der Waals surface area contributed by atoms with Gasteiger partial charge in [-0.1, -0.05) is 0 Å². The lowest BCUT2D eigenvalue weighted by Gasteiger charge is -2.14. The van der Waals surface area contributed by atoms with Crippen molar-refractivity contribution in [3.63, 3.8) is 0 Å². The highest BCUT2D eigenvalue weighted by Crippen LogP contribution is 2.20. The number of hydrogen-bond donors (Lipinski definition) is 1. The van der Waals surface area contributed by atoms with E-state index in [1.165, 1.54) is 13.1 Å². The summed E-state index contributed by atoms with van der Waals surface area (Å²) in [6.45, 7) is 1.58. The Bertz CT molecular complexity index is 696. The van der Waals surface area contributed by atoms with Gasteiger partial charge in [0.15, 0.2) is 5.65 Å². The van der Waals surface area contributed by atoms with Crippen molar-refractivity contribution < 1.29 is 22.7 Å². The number of amides is 1. The number of ether oxygens (including phenoxy) is 1. The van der Waals surface area contributed by atoms with E-state index in [1.54, 1.807) is 24.7 Å². The molecule has 0 spiro atoms. The van der Waals surface area contributed by atoms with Crippen LogP contribution in [0.15, 0.2) is 12.3 Å². The fraction of sp³-hybridized carbons (Fsp3) is 0.462. The number of anilines is 1. The zero-order valence-corrected chi connectivity index (χ0v) is 12.2. The lowest BCUT2D eigenvalue weighted by Crippen LogP contribution is -2.31. The van der Waals surface area contributed by atoms with Crippen molar-refractivity contribution in [3.8, 4) is 0 Å². The van der Waals surface area contributed by atoms with Gasteiger partial charge in [-0.25, -0.2) is 4.98 Å². The van der Waals surface area contributed by atoms with Crippen molar-refractivity contribution in [2.45, 2.75) is 26.1 Å². The minimum absolute atomic E-state index is 0.371. The molecule has 0 fully saturated rings. The number of nitrogens with zero attached hydrogens (tertiary/aromatic N) is 3. The number of aryl methyl sites for hydroxylation is 2. The third kappa shape index (κ3) is 3.73. The van der Waals surface area contributed by atoms with E-state index in [-0.39, 0.29) is 0 Å². The van der Waals surface area contributed by atoms with Gasteiger partial charge in [0.25, 0.3) is 5.91 Å². The average molecular weight is 316 g/mol. The molecule has 0 aliphatic rings. The van der Waals surface area contributed by atoms with Gasteiger partial charge in [0.1, 0.15) is 12.7 Å². The molecule has 0 saturated heterocycles. The van der Waals surface area contributed by atoms with Crippen LogP contribution in [0.25, 0.3) is 11.0 Å². The molecule has 0 unspecified atom stereocenters. The van der Waals surface area contributed by atoms with E-state index in [0.29, 0.717) is 11.3 Å². The first-order valence-electron chi connectivity index (χ1n) is 6.46. The summed E-state index contributed by atoms with van der Waals surface area (Å²) in [6.07, 6.45) is -4.29. The monoisotopic (exact) mass is 316 g/mol. The van der Waals surface area contributed by atoms with Gasteiger partial charge in [0.05, 0.1) is 17.6 Å². The maximum Gasteiger partial charge on any atom is 0.411 e. The molecule has 0 radical (unpaired) electrons. The van der Waals surface area contributed by atoms with Gasteiger partial charge >= 0.3 is 6.18 Å². The second kappa shape index (κ2) is 5.91. The topological polar surface area (TPSA) is 69.0 Å². The summed E-state index contributed by atoms with van der Waals surface area (Å²) in [5, 5.41) is 7.42. The second-order valence-corrected chi connectivity index (χ2v) is 4.86. The summed E-state index contributed by atoms with van der Waals surface area (Å²) in [4.78, 5) is 16.0. The summed E-state index contributed by atoms with van der Waals surface area (Å²) < 4.78 is 42.2. The van der Waals surface area contributed by atoms with E-state index in [2.05, 4.69) is 20.1 Å². The molecule has 2 aromatic heterocycles. The van der Waals surface area contributed by atoms with E-state index in [0.717, 1.165) is 11.1 Å². The predicted molar refractivity (Wildman–Crippen MR) is 73.3 cm³/mol. The van der Waals surface area contributed by atoms with E-state index < -0.39 is 24.8 Å². The molecule has 120 valence electrons. The van der Waals surface area contributed by atoms with Crippen LogP contribution in [0.2, 0.25) is 0 Å². The first-order valence-corrected chi connectivity index (χ1v) is 6.46. The summed E-state index contributed by atoms with van der Waals surface area (Å²) in [5.74, 6) is -0.674. The number of aromatic nitrogens is 3. The van der Waals surface area contributed by atoms with Crippen molar-refractivity contribution in [1.29, 1.82) is 0 Å². The van der Waals surface area contributed by atoms with E-state index in [9.17, 15) is 18.0 Å². The van der Waals surface area contributed by atoms with Crippen LogP contribution >= 0.6 is 0 Å². The lowest BCUT2D eigenvalue weighted by molar-refractivity contribution is -0.184. The number of nitrogens with one attached hydrogen (secondary N) is 1. The van der Waals surface area contributed by atoms with E-state index in [1.807, 2.05) is 0 Å². The van der Waals surface area contributed by atoms with Crippen molar-refractivity contribution in [1.82, 2.24) is 14.8 Å². The smallest absolute Gasteiger partial charge is 0.359 e. The summed E-state index contributed by atoms with van der Waals surface area (Å²) >= 11 is 0. The van der Waals surface area contributed by atoms with Gasteiger partial charge < -0.3 is 10.1 Å². The molecule has 2 rings (SSSR count). The predicted octanol–water partition coefficient (Wildman–Crippen LogP) is 2.18. The van der Waals surface area contributed by atoms with Crippen molar-refractivity contribution >= 4 is 22.6 Å². The Labute approximate surface area is 124 Å². The largest absolute Gasteiger partial charge is 0.411 e. The van der Waals surface area contributed by atoms with Gasteiger partial charge in [-0.05, 0) is 19.9 Å². The first-order chi connectivity index (χ1) is 10.2. The third-order valence-electron chi connectivity index (χ3n) is 3.00. The molecule has 0 saturated carbocycles. The first kappa shape index (κ1) is 16.2. The second-order valence-electron chi connectivity index (χ2n) is 4.86. The molecule has 22 heavy (non-hydrogen) atoms. The Morgan fingerprint density at radius 2 is 2.18 bits per heavy atom. The molecular weight excluding hydrogens is 301 g/mol. The lowest BCUT2D eigenvalue weighted by atomic mass is 10.2. The molecule has 0 bridgehead atoms. The van der Waals surface area contributed by atoms with E-state index >= 15 is 0 Å². The Kier molecular flexibility index (Phi) is 4.36. The average Bonchev–Trinajstić information content (AvgIpc) is 2.70. The number of pyridine rings is 1. The third-order valence-corrected chi connectivity index (χ3v) is 3.00. The van der Waals surface area contributed by atoms with Crippen molar-refractivity contribution in [3.05, 3.63) is 18.0 Å². The molecule has 9 heteroatoms. The quantitative estimate of drug-likeness (QED) is 0.939. The Hall–Kier alpha value is -2.16. The van der Waals surface area contributed by atoms with Crippen molar-refractivity contribution in [2.75, 3.05) is 11.9 Å². The molecule has 0 aromatic carbocycles. The summed E-state index contributed by atoms with van der Waals surface area (Å²) in [7, 11) is 1.74. The molecule has 6 nitrogen and oxygen atoms in total. The molecular formula is C13H15F3N4O2. The van der Waals surface area contributed by atoms with Gasteiger partial charge in [0, 0.05) is 12.4 Å². The number of hydrogen-bond acceptors (Lipinski definition) is 4. The number of fused-ring (bicyclic) bond motifs is 1. The number of carbonyl (C=O) groups is 1. The minimum Gasteiger partial charge on any atom is -0.359 e. The Balaban J connectivity index is 2.07. The number of alkyl halides is 3. The van der Waals surface area contributed by atoms with Crippen LogP contribution < -0.4 is 5.32 Å². The zero-order chi connectivity index (χ0) is 16.5. The molecule has 1 N–H and O–H groups in total. The SMILES string of the molecule is Cc1nn(C)c2ncc(NC(=O)[C@H](C)OCC(F)(F)F)cc12. The Morgan fingerprint density at radius 1 is 1.50 bits per heavy atom. The van der Waals surface area contributed by atoms with Gasteiger partial charge in [-0.15, -0.1) is 0 Å². The van der Waals surface area contributed by atoms with Gasteiger partial charge in [-0.3, -0.25) is 9.48 Å². The maximum absolute atomic E-state index is 12.1. The standard InChI is InChI=1S/C13H15F3N4O2/c1-7-10-4-9(5-17-11(10)20(3)19-7)18-12(21)8(2)22-6-13(14,15)16/h4-5,8H,6H2,1-3H3,(H,18,21)/t8-/m0/s1. The van der Waals surface area contributed by atoms with Crippen LogP contribution in [0.5, 0.6) is 0 Å². The van der Waals surface area contributed by atoms with Gasteiger partial charge in [0.2, 0.25) is 0 Å². The normalized spacial score (nSPS) is 13.4. The van der Waals surface area contributed by atoms with Crippen LogP contribution in [0.3, 0.4) is 0 Å². The highest BCUT2D eigenvalue weighted by molar-refractivity contribution is 5.95. The summed E-state index contributed by atoms with van der Waals surface area (Å²) in [6, 6.07) is 1.67. The number of halogens is 3.